The molecule has 3 aliphatic heterocycles. The molecule has 2 amide bonds. The first-order valence-electron chi connectivity index (χ1n) is 8.30. The zero-order valence-electron chi connectivity index (χ0n) is 13.7. The molecule has 1 atom stereocenters. The van der Waals surface area contributed by atoms with Gasteiger partial charge in [0.05, 0.1) is 6.20 Å². The van der Waals surface area contributed by atoms with E-state index in [2.05, 4.69) is 25.4 Å². The van der Waals surface area contributed by atoms with Gasteiger partial charge in [-0.3, -0.25) is 5.32 Å². The molecule has 0 saturated carbocycles. The molecule has 8 heteroatoms. The van der Waals surface area contributed by atoms with E-state index in [0.717, 1.165) is 19.6 Å². The van der Waals surface area contributed by atoms with E-state index in [-0.39, 0.29) is 12.1 Å². The minimum Gasteiger partial charge on any atom is -0.323 e. The number of likely N-dealkylation sites (N-methyl/N-ethyl adjacent to an activating group) is 1. The standard InChI is InChI=1S/C16H21N7O/c1-21(13-11-22-8-5-12(13)6-9-22)16(24)19-14-10-18-23(20-14)15-4-2-3-7-17-15/h2-4,7,10,12-13H,5-6,8-9,11H2,1H3,(H,19,20,24)/t13-/m0/s1. The van der Waals surface area contributed by atoms with Crippen molar-refractivity contribution < 1.29 is 4.79 Å². The van der Waals surface area contributed by atoms with Gasteiger partial charge in [0.15, 0.2) is 11.6 Å². The summed E-state index contributed by atoms with van der Waals surface area (Å²) in [5.41, 5.74) is 0. The maximum absolute atomic E-state index is 12.5. The van der Waals surface area contributed by atoms with Crippen LogP contribution >= 0.6 is 0 Å². The zero-order chi connectivity index (χ0) is 16.5. The van der Waals surface area contributed by atoms with Crippen LogP contribution in [0.2, 0.25) is 0 Å². The number of aromatic nitrogens is 4. The largest absolute Gasteiger partial charge is 0.323 e. The molecule has 0 aliphatic carbocycles. The molecule has 5 heterocycles. The molecule has 24 heavy (non-hydrogen) atoms. The Balaban J connectivity index is 1.42. The third kappa shape index (κ3) is 2.84. The summed E-state index contributed by atoms with van der Waals surface area (Å²) in [6.45, 7) is 3.29. The summed E-state index contributed by atoms with van der Waals surface area (Å²) in [6.07, 6.45) is 5.57. The monoisotopic (exact) mass is 327 g/mol. The average molecular weight is 327 g/mol. The Morgan fingerprint density at radius 2 is 2.17 bits per heavy atom. The second kappa shape index (κ2) is 6.20. The topological polar surface area (TPSA) is 79.2 Å². The van der Waals surface area contributed by atoms with Crippen molar-refractivity contribution in [3.05, 3.63) is 30.6 Å². The molecule has 0 unspecified atom stereocenters. The summed E-state index contributed by atoms with van der Waals surface area (Å²) in [4.78, 5) is 22.4. The summed E-state index contributed by atoms with van der Waals surface area (Å²) in [5, 5.41) is 11.3. The van der Waals surface area contributed by atoms with Crippen molar-refractivity contribution in [3.8, 4) is 5.82 Å². The number of urea groups is 1. The average Bonchev–Trinajstić information content (AvgIpc) is 3.11. The van der Waals surface area contributed by atoms with Gasteiger partial charge in [-0.15, -0.1) is 9.90 Å². The molecular formula is C16H21N7O. The van der Waals surface area contributed by atoms with Gasteiger partial charge in [0.2, 0.25) is 0 Å². The third-order valence-corrected chi connectivity index (χ3v) is 5.02. The van der Waals surface area contributed by atoms with Crippen molar-refractivity contribution in [3.63, 3.8) is 0 Å². The van der Waals surface area contributed by atoms with Gasteiger partial charge < -0.3 is 9.80 Å². The molecular weight excluding hydrogens is 306 g/mol. The van der Waals surface area contributed by atoms with E-state index in [1.54, 1.807) is 6.20 Å². The van der Waals surface area contributed by atoms with Crippen LogP contribution in [0.25, 0.3) is 5.82 Å². The number of amides is 2. The van der Waals surface area contributed by atoms with Crippen molar-refractivity contribution in [2.24, 2.45) is 5.92 Å². The Morgan fingerprint density at radius 3 is 2.83 bits per heavy atom. The highest BCUT2D eigenvalue weighted by Gasteiger charge is 2.37. The number of fused-ring (bicyclic) bond motifs is 3. The number of anilines is 1. The van der Waals surface area contributed by atoms with Gasteiger partial charge in [0.25, 0.3) is 0 Å². The van der Waals surface area contributed by atoms with E-state index < -0.39 is 0 Å². The van der Waals surface area contributed by atoms with Crippen molar-refractivity contribution in [1.29, 1.82) is 0 Å². The predicted octanol–water partition coefficient (Wildman–Crippen LogP) is 1.22. The highest BCUT2D eigenvalue weighted by molar-refractivity contribution is 5.88. The first-order chi connectivity index (χ1) is 11.7. The molecule has 3 saturated heterocycles. The van der Waals surface area contributed by atoms with Crippen molar-refractivity contribution in [1.82, 2.24) is 29.8 Å². The summed E-state index contributed by atoms with van der Waals surface area (Å²) < 4.78 is 0. The smallest absolute Gasteiger partial charge is 0.323 e. The van der Waals surface area contributed by atoms with Crippen LogP contribution in [0.3, 0.4) is 0 Å². The van der Waals surface area contributed by atoms with Crippen molar-refractivity contribution >= 4 is 11.8 Å². The van der Waals surface area contributed by atoms with Crippen LogP contribution < -0.4 is 5.32 Å². The fraction of sp³-hybridized carbons (Fsp3) is 0.500. The van der Waals surface area contributed by atoms with Gasteiger partial charge in [0.1, 0.15) is 0 Å². The normalized spacial score (nSPS) is 25.5. The number of carbonyl (C=O) groups is 1. The Morgan fingerprint density at radius 1 is 1.33 bits per heavy atom. The molecule has 2 aromatic heterocycles. The Bertz CT molecular complexity index is 708. The maximum Gasteiger partial charge on any atom is 0.323 e. The molecule has 2 bridgehead atoms. The molecule has 8 nitrogen and oxygen atoms in total. The predicted molar refractivity (Wildman–Crippen MR) is 88.9 cm³/mol. The summed E-state index contributed by atoms with van der Waals surface area (Å²) >= 11 is 0. The number of carbonyl (C=O) groups excluding carboxylic acids is 1. The second-order valence-electron chi connectivity index (χ2n) is 6.45. The number of hydrogen-bond acceptors (Lipinski definition) is 5. The van der Waals surface area contributed by atoms with Crippen LogP contribution in [0.1, 0.15) is 12.8 Å². The van der Waals surface area contributed by atoms with Gasteiger partial charge in [-0.05, 0) is 44.0 Å². The molecule has 1 N–H and O–H groups in total. The number of piperidine rings is 3. The van der Waals surface area contributed by atoms with Crippen molar-refractivity contribution in [2.45, 2.75) is 18.9 Å². The fourth-order valence-corrected chi connectivity index (χ4v) is 3.62. The molecule has 0 aromatic carbocycles. The second-order valence-corrected chi connectivity index (χ2v) is 6.45. The van der Waals surface area contributed by atoms with Crippen LogP contribution in [0, 0.1) is 5.92 Å². The molecule has 2 aromatic rings. The number of pyridine rings is 1. The van der Waals surface area contributed by atoms with Gasteiger partial charge in [-0.2, -0.15) is 5.10 Å². The van der Waals surface area contributed by atoms with Crippen LogP contribution in [-0.4, -0.2) is 68.5 Å². The molecule has 5 rings (SSSR count). The van der Waals surface area contributed by atoms with Gasteiger partial charge in [-0.1, -0.05) is 6.07 Å². The van der Waals surface area contributed by atoms with Crippen molar-refractivity contribution in [2.75, 3.05) is 32.0 Å². The molecule has 126 valence electrons. The van der Waals surface area contributed by atoms with Gasteiger partial charge in [0, 0.05) is 25.8 Å². The maximum atomic E-state index is 12.5. The third-order valence-electron chi connectivity index (χ3n) is 5.02. The lowest BCUT2D eigenvalue weighted by Gasteiger charge is -2.47. The summed E-state index contributed by atoms with van der Waals surface area (Å²) in [5.74, 6) is 1.65. The minimum absolute atomic E-state index is 0.137. The lowest BCUT2D eigenvalue weighted by atomic mass is 9.83. The van der Waals surface area contributed by atoms with Crippen LogP contribution in [0.5, 0.6) is 0 Å². The zero-order valence-corrected chi connectivity index (χ0v) is 13.7. The first kappa shape index (κ1) is 15.1. The lowest BCUT2D eigenvalue weighted by molar-refractivity contribution is 0.0336. The van der Waals surface area contributed by atoms with E-state index in [0.29, 0.717) is 17.6 Å². The molecule has 3 aliphatic rings. The van der Waals surface area contributed by atoms with Crippen LogP contribution in [0.4, 0.5) is 10.6 Å². The lowest BCUT2D eigenvalue weighted by Crippen LogP contribution is -2.58. The minimum atomic E-state index is -0.137. The van der Waals surface area contributed by atoms with Crippen LogP contribution in [0.15, 0.2) is 30.6 Å². The van der Waals surface area contributed by atoms with E-state index >= 15 is 0 Å². The first-order valence-corrected chi connectivity index (χ1v) is 8.30. The highest BCUT2D eigenvalue weighted by Crippen LogP contribution is 2.30. The van der Waals surface area contributed by atoms with Crippen LogP contribution in [-0.2, 0) is 0 Å². The van der Waals surface area contributed by atoms with Gasteiger partial charge >= 0.3 is 6.03 Å². The highest BCUT2D eigenvalue weighted by atomic mass is 16.2. The van der Waals surface area contributed by atoms with E-state index in [4.69, 9.17) is 0 Å². The van der Waals surface area contributed by atoms with E-state index in [1.807, 2.05) is 30.1 Å². The number of nitrogens with zero attached hydrogens (tertiary/aromatic N) is 6. The Labute approximate surface area is 140 Å². The molecule has 0 spiro atoms. The Kier molecular flexibility index (Phi) is 3.89. The number of hydrogen-bond donors (Lipinski definition) is 1. The van der Waals surface area contributed by atoms with E-state index in [9.17, 15) is 4.79 Å². The van der Waals surface area contributed by atoms with Gasteiger partial charge in [-0.25, -0.2) is 9.78 Å². The quantitative estimate of drug-likeness (QED) is 0.917. The molecule has 3 fully saturated rings. The summed E-state index contributed by atoms with van der Waals surface area (Å²) in [7, 11) is 1.87. The number of nitrogens with one attached hydrogen (secondary N) is 1. The summed E-state index contributed by atoms with van der Waals surface area (Å²) in [6, 6.07) is 5.65. The molecule has 0 radical (unpaired) electrons. The van der Waals surface area contributed by atoms with E-state index in [1.165, 1.54) is 23.8 Å². The fourth-order valence-electron chi connectivity index (χ4n) is 3.62. The number of rotatable bonds is 3. The Hall–Kier alpha value is -2.48. The SMILES string of the molecule is CN(C(=O)Nc1cnn(-c2ccccn2)n1)[C@H]1CN2CCC1CC2.